The molecule has 1 amide bonds. The molecule has 0 spiro atoms. The summed E-state index contributed by atoms with van der Waals surface area (Å²) in [4.78, 5) is 24.6. The van der Waals surface area contributed by atoms with Crippen LogP contribution in [0.3, 0.4) is 0 Å². The van der Waals surface area contributed by atoms with Gasteiger partial charge in [0.2, 0.25) is 5.91 Å². The molecule has 0 aliphatic carbocycles. The van der Waals surface area contributed by atoms with E-state index in [1.807, 2.05) is 6.08 Å². The van der Waals surface area contributed by atoms with Crippen LogP contribution in [-0.2, 0) is 14.3 Å². The van der Waals surface area contributed by atoms with E-state index in [-0.39, 0.29) is 18.5 Å². The number of esters is 1. The molecule has 0 heterocycles. The fraction of sp³-hybridized carbons (Fsp3) is 0.920. The molecular weight excluding hydrogens is 995 g/mol. The molecular formula is C75H145NO5. The van der Waals surface area contributed by atoms with E-state index in [0.29, 0.717) is 19.4 Å². The molecule has 0 rings (SSSR count). The van der Waals surface area contributed by atoms with Crippen LogP contribution < -0.4 is 5.32 Å². The van der Waals surface area contributed by atoms with Gasteiger partial charge in [0, 0.05) is 12.8 Å². The summed E-state index contributed by atoms with van der Waals surface area (Å²) in [5.74, 6) is -0.0461. The van der Waals surface area contributed by atoms with E-state index in [1.165, 1.54) is 353 Å². The van der Waals surface area contributed by atoms with E-state index in [2.05, 4.69) is 31.3 Å². The summed E-state index contributed by atoms with van der Waals surface area (Å²) < 4.78 is 5.48. The Hall–Kier alpha value is -1.66. The van der Waals surface area contributed by atoms with Gasteiger partial charge in [-0.05, 0) is 57.8 Å². The standard InChI is InChI=1S/C75H145NO5/c1-3-5-7-9-11-13-15-17-18-19-20-21-22-29-32-35-38-41-44-47-51-55-59-63-67-73(78)72(71-77)76-74(79)68-64-60-56-52-48-45-42-39-36-33-30-27-25-23-24-26-28-31-34-37-40-43-46-50-54-58-62-66-70-81-75(80)69-65-61-57-53-49-16-14-12-10-8-6-4-2/h23-24,63,67,72-73,77-78H,3-22,25-62,64-66,68-71H2,1-2H3,(H,76,79)/b24-23-,67-63+. The molecule has 2 unspecified atom stereocenters. The van der Waals surface area contributed by atoms with E-state index < -0.39 is 12.1 Å². The van der Waals surface area contributed by atoms with Crippen molar-refractivity contribution in [3.8, 4) is 0 Å². The van der Waals surface area contributed by atoms with Crippen molar-refractivity contribution in [3.05, 3.63) is 24.3 Å². The van der Waals surface area contributed by atoms with Gasteiger partial charge in [0.1, 0.15) is 0 Å². The zero-order chi connectivity index (χ0) is 58.5. The largest absolute Gasteiger partial charge is 0.466 e. The van der Waals surface area contributed by atoms with Gasteiger partial charge < -0.3 is 20.3 Å². The van der Waals surface area contributed by atoms with Crippen molar-refractivity contribution in [2.45, 2.75) is 431 Å². The summed E-state index contributed by atoms with van der Waals surface area (Å²) in [6, 6.07) is -0.629. The summed E-state index contributed by atoms with van der Waals surface area (Å²) in [6.45, 7) is 4.95. The fourth-order valence-electron chi connectivity index (χ4n) is 11.8. The summed E-state index contributed by atoms with van der Waals surface area (Å²) in [5.41, 5.74) is 0. The normalized spacial score (nSPS) is 12.6. The second kappa shape index (κ2) is 70.8. The van der Waals surface area contributed by atoms with E-state index in [1.54, 1.807) is 6.08 Å². The highest BCUT2D eigenvalue weighted by atomic mass is 16.5. The first-order valence-electron chi connectivity index (χ1n) is 37.1. The zero-order valence-electron chi connectivity index (χ0n) is 55.0. The predicted octanol–water partition coefficient (Wildman–Crippen LogP) is 24.1. The first kappa shape index (κ1) is 79.3. The fourth-order valence-corrected chi connectivity index (χ4v) is 11.8. The molecule has 0 saturated heterocycles. The smallest absolute Gasteiger partial charge is 0.305 e. The Morgan fingerprint density at radius 3 is 0.877 bits per heavy atom. The molecule has 0 fully saturated rings. The number of hydrogen-bond acceptors (Lipinski definition) is 5. The third-order valence-corrected chi connectivity index (χ3v) is 17.5. The highest BCUT2D eigenvalue weighted by molar-refractivity contribution is 5.76. The van der Waals surface area contributed by atoms with Gasteiger partial charge in [-0.15, -0.1) is 0 Å². The number of hydrogen-bond donors (Lipinski definition) is 3. The van der Waals surface area contributed by atoms with Crippen molar-refractivity contribution in [2.75, 3.05) is 13.2 Å². The number of ether oxygens (including phenoxy) is 1. The molecule has 6 heteroatoms. The lowest BCUT2D eigenvalue weighted by molar-refractivity contribution is -0.143. The second-order valence-electron chi connectivity index (χ2n) is 25.6. The van der Waals surface area contributed by atoms with Crippen molar-refractivity contribution in [1.29, 1.82) is 0 Å². The molecule has 0 saturated carbocycles. The minimum absolute atomic E-state index is 0.0170. The van der Waals surface area contributed by atoms with Crippen LogP contribution in [0.5, 0.6) is 0 Å². The summed E-state index contributed by atoms with van der Waals surface area (Å²) in [6.07, 6.45) is 89.9. The monoisotopic (exact) mass is 1140 g/mol. The number of carbonyl (C=O) groups excluding carboxylic acids is 2. The van der Waals surface area contributed by atoms with Crippen LogP contribution in [0.2, 0.25) is 0 Å². The summed E-state index contributed by atoms with van der Waals surface area (Å²) in [5, 5.41) is 23.3. The molecule has 0 aromatic rings. The maximum absolute atomic E-state index is 12.5. The molecule has 480 valence electrons. The number of nitrogens with one attached hydrogen (secondary N) is 1. The highest BCUT2D eigenvalue weighted by Crippen LogP contribution is 2.19. The van der Waals surface area contributed by atoms with Crippen LogP contribution in [0, 0.1) is 0 Å². The van der Waals surface area contributed by atoms with Crippen molar-refractivity contribution in [1.82, 2.24) is 5.32 Å². The predicted molar refractivity (Wildman–Crippen MR) is 356 cm³/mol. The first-order chi connectivity index (χ1) is 40.0. The van der Waals surface area contributed by atoms with E-state index in [0.717, 1.165) is 38.5 Å². The molecule has 0 aliphatic rings. The number of allylic oxidation sites excluding steroid dienone is 3. The second-order valence-corrected chi connectivity index (χ2v) is 25.6. The Kier molecular flexibility index (Phi) is 69.4. The van der Waals surface area contributed by atoms with Crippen molar-refractivity contribution in [3.63, 3.8) is 0 Å². The maximum atomic E-state index is 12.5. The van der Waals surface area contributed by atoms with Gasteiger partial charge in [-0.2, -0.15) is 0 Å². The van der Waals surface area contributed by atoms with Crippen LogP contribution in [-0.4, -0.2) is 47.4 Å². The molecule has 0 aromatic carbocycles. The third kappa shape index (κ3) is 67.3. The first-order valence-corrected chi connectivity index (χ1v) is 37.1. The van der Waals surface area contributed by atoms with Gasteiger partial charge in [0.05, 0.1) is 25.4 Å². The number of rotatable bonds is 70. The molecule has 0 bridgehead atoms. The van der Waals surface area contributed by atoms with Crippen LogP contribution in [0.4, 0.5) is 0 Å². The summed E-state index contributed by atoms with van der Waals surface area (Å²) >= 11 is 0. The van der Waals surface area contributed by atoms with Gasteiger partial charge in [-0.1, -0.05) is 372 Å². The quantitative estimate of drug-likeness (QED) is 0.0320. The highest BCUT2D eigenvalue weighted by Gasteiger charge is 2.18. The third-order valence-electron chi connectivity index (χ3n) is 17.5. The van der Waals surface area contributed by atoms with Gasteiger partial charge in [-0.25, -0.2) is 0 Å². The molecule has 6 nitrogen and oxygen atoms in total. The van der Waals surface area contributed by atoms with E-state index in [4.69, 9.17) is 4.74 Å². The summed E-state index contributed by atoms with van der Waals surface area (Å²) in [7, 11) is 0. The molecule has 3 N–H and O–H groups in total. The van der Waals surface area contributed by atoms with E-state index >= 15 is 0 Å². The Bertz CT molecular complexity index is 1270. The Balaban J connectivity index is 3.40. The van der Waals surface area contributed by atoms with Crippen LogP contribution in [0.1, 0.15) is 418 Å². The number of aliphatic hydroxyl groups excluding tert-OH is 2. The molecule has 0 aliphatic heterocycles. The minimum atomic E-state index is -0.846. The van der Waals surface area contributed by atoms with Gasteiger partial charge >= 0.3 is 5.97 Å². The average Bonchev–Trinajstić information content (AvgIpc) is 3.47. The number of unbranched alkanes of at least 4 members (excludes halogenated alkanes) is 57. The molecule has 0 radical (unpaired) electrons. The Morgan fingerprint density at radius 1 is 0.333 bits per heavy atom. The van der Waals surface area contributed by atoms with Crippen LogP contribution in [0.15, 0.2) is 24.3 Å². The Labute approximate surface area is 507 Å². The molecule has 2 atom stereocenters. The molecule has 0 aromatic heterocycles. The SMILES string of the molecule is CCCCCCCCCCCCCCCCCCCCCCCC/C=C/C(O)C(CO)NC(=O)CCCCCCCCCCCCCC/C=C\CCCCCCCCCCCCCCOC(=O)CCCCCCCCCCCCCC. The lowest BCUT2D eigenvalue weighted by Crippen LogP contribution is -2.45. The van der Waals surface area contributed by atoms with Crippen molar-refractivity contribution < 1.29 is 24.5 Å². The topological polar surface area (TPSA) is 95.9 Å². The molecule has 81 heavy (non-hydrogen) atoms. The lowest BCUT2D eigenvalue weighted by atomic mass is 10.0. The van der Waals surface area contributed by atoms with Gasteiger partial charge in [-0.3, -0.25) is 9.59 Å². The van der Waals surface area contributed by atoms with Crippen LogP contribution in [0.25, 0.3) is 0 Å². The number of aliphatic hydroxyl groups is 2. The number of amides is 1. The lowest BCUT2D eigenvalue weighted by Gasteiger charge is -2.20. The Morgan fingerprint density at radius 2 is 0.580 bits per heavy atom. The van der Waals surface area contributed by atoms with Gasteiger partial charge in [0.15, 0.2) is 0 Å². The van der Waals surface area contributed by atoms with Crippen LogP contribution >= 0.6 is 0 Å². The minimum Gasteiger partial charge on any atom is -0.466 e. The number of carbonyl (C=O) groups is 2. The van der Waals surface area contributed by atoms with E-state index in [9.17, 15) is 19.8 Å². The average molecular weight is 1140 g/mol. The zero-order valence-corrected chi connectivity index (χ0v) is 55.0. The van der Waals surface area contributed by atoms with Gasteiger partial charge in [0.25, 0.3) is 0 Å². The maximum Gasteiger partial charge on any atom is 0.305 e. The van der Waals surface area contributed by atoms with Crippen molar-refractivity contribution >= 4 is 11.9 Å². The van der Waals surface area contributed by atoms with Crippen molar-refractivity contribution in [2.24, 2.45) is 0 Å².